The molecule has 8 nitrogen and oxygen atoms in total. The van der Waals surface area contributed by atoms with E-state index >= 15 is 0 Å². The van der Waals surface area contributed by atoms with Gasteiger partial charge in [0, 0.05) is 44.0 Å². The van der Waals surface area contributed by atoms with Gasteiger partial charge in [0.1, 0.15) is 12.2 Å². The van der Waals surface area contributed by atoms with E-state index in [0.29, 0.717) is 26.1 Å². The van der Waals surface area contributed by atoms with Crippen LogP contribution >= 0.6 is 0 Å². The predicted octanol–water partition coefficient (Wildman–Crippen LogP) is 2.00. The average Bonchev–Trinajstić information content (AvgIpc) is 3.37. The second-order valence-electron chi connectivity index (χ2n) is 7.81. The molecule has 2 fully saturated rings. The van der Waals surface area contributed by atoms with E-state index in [1.54, 1.807) is 9.80 Å². The molecule has 2 amide bonds. The van der Waals surface area contributed by atoms with Crippen LogP contribution in [0.15, 0.2) is 30.6 Å². The number of rotatable bonds is 4. The molecule has 0 spiro atoms. The Bertz CT molecular complexity index is 1030. The van der Waals surface area contributed by atoms with Crippen molar-refractivity contribution in [2.45, 2.75) is 32.8 Å². The van der Waals surface area contributed by atoms with Crippen molar-refractivity contribution in [2.24, 2.45) is 5.92 Å². The number of amides is 2. The lowest BCUT2D eigenvalue weighted by Crippen LogP contribution is -2.37. The molecule has 2 saturated heterocycles. The Morgan fingerprint density at radius 1 is 1.20 bits per heavy atom. The summed E-state index contributed by atoms with van der Waals surface area (Å²) < 4.78 is 5.81. The van der Waals surface area contributed by atoms with Gasteiger partial charge in [-0.25, -0.2) is 9.97 Å². The monoisotopic (exact) mass is 405 g/mol. The van der Waals surface area contributed by atoms with Crippen LogP contribution in [-0.4, -0.2) is 52.4 Å². The highest BCUT2D eigenvalue weighted by Gasteiger charge is 2.39. The summed E-state index contributed by atoms with van der Waals surface area (Å²) in [6.07, 6.45) is 3.53. The zero-order chi connectivity index (χ0) is 21.3. The number of ether oxygens (including phenoxy) is 1. The number of nitriles is 1. The molecule has 3 heterocycles. The summed E-state index contributed by atoms with van der Waals surface area (Å²) in [7, 11) is 0. The van der Waals surface area contributed by atoms with E-state index < -0.39 is 0 Å². The number of hydrogen-bond donors (Lipinski definition) is 0. The molecule has 30 heavy (non-hydrogen) atoms. The van der Waals surface area contributed by atoms with Gasteiger partial charge in [0.15, 0.2) is 0 Å². The number of carbonyl (C=O) groups excluding carboxylic acids is 2. The van der Waals surface area contributed by atoms with Crippen molar-refractivity contribution >= 4 is 17.5 Å². The maximum atomic E-state index is 13.0. The lowest BCUT2D eigenvalue weighted by molar-refractivity contribution is -0.135. The molecule has 2 aliphatic rings. The molecule has 2 unspecified atom stereocenters. The van der Waals surface area contributed by atoms with E-state index in [9.17, 15) is 9.59 Å². The second-order valence-corrected chi connectivity index (χ2v) is 7.81. The minimum atomic E-state index is -0.357. The fourth-order valence-corrected chi connectivity index (χ4v) is 3.94. The molecule has 2 aliphatic heterocycles. The second kappa shape index (κ2) is 8.11. The topological polar surface area (TPSA) is 99.4 Å². The van der Waals surface area contributed by atoms with E-state index in [0.717, 1.165) is 11.3 Å². The molecular weight excluding hydrogens is 382 g/mol. The SMILES string of the molecule is Cc1ccc(N2CC(C(=O)N3CCC(Oc4nccnc4C#N)C3)CC2=O)cc1C. The molecule has 0 saturated carbocycles. The maximum absolute atomic E-state index is 13.0. The number of nitrogens with zero attached hydrogens (tertiary/aromatic N) is 5. The van der Waals surface area contributed by atoms with Crippen molar-refractivity contribution in [3.63, 3.8) is 0 Å². The highest BCUT2D eigenvalue weighted by Crippen LogP contribution is 2.29. The van der Waals surface area contributed by atoms with Gasteiger partial charge in [-0.3, -0.25) is 9.59 Å². The lowest BCUT2D eigenvalue weighted by atomic mass is 10.1. The highest BCUT2D eigenvalue weighted by atomic mass is 16.5. The first kappa shape index (κ1) is 19.8. The third-order valence-electron chi connectivity index (χ3n) is 5.78. The fourth-order valence-electron chi connectivity index (χ4n) is 3.94. The first-order chi connectivity index (χ1) is 14.5. The van der Waals surface area contributed by atoms with E-state index in [1.807, 2.05) is 38.1 Å². The van der Waals surface area contributed by atoms with Crippen LogP contribution in [0, 0.1) is 31.1 Å². The largest absolute Gasteiger partial charge is 0.470 e. The van der Waals surface area contributed by atoms with Crippen LogP contribution in [0.3, 0.4) is 0 Å². The van der Waals surface area contributed by atoms with Crippen LogP contribution in [0.2, 0.25) is 0 Å². The summed E-state index contributed by atoms with van der Waals surface area (Å²) in [6, 6.07) is 7.88. The van der Waals surface area contributed by atoms with E-state index in [4.69, 9.17) is 10.00 Å². The molecule has 0 aliphatic carbocycles. The standard InChI is InChI=1S/C22H23N5O3/c1-14-3-4-17(9-15(14)2)27-12-16(10-20(27)28)22(29)26-8-5-18(13-26)30-21-19(11-23)24-6-7-25-21/h3-4,6-7,9,16,18H,5,8,10,12-13H2,1-2H3. The molecule has 0 N–H and O–H groups in total. The average molecular weight is 405 g/mol. The van der Waals surface area contributed by atoms with E-state index in [-0.39, 0.29) is 41.8 Å². The molecule has 4 rings (SSSR count). The van der Waals surface area contributed by atoms with Gasteiger partial charge >= 0.3 is 0 Å². The number of aryl methyl sites for hydroxylation is 2. The molecule has 0 bridgehead atoms. The van der Waals surface area contributed by atoms with Crippen LogP contribution in [0.4, 0.5) is 5.69 Å². The number of carbonyl (C=O) groups is 2. The number of hydrogen-bond acceptors (Lipinski definition) is 6. The number of anilines is 1. The Kier molecular flexibility index (Phi) is 5.36. The molecule has 1 aromatic heterocycles. The van der Waals surface area contributed by atoms with Gasteiger partial charge in [0.05, 0.1) is 12.5 Å². The Morgan fingerprint density at radius 2 is 2.00 bits per heavy atom. The van der Waals surface area contributed by atoms with Crippen molar-refractivity contribution in [3.05, 3.63) is 47.4 Å². The summed E-state index contributed by atoms with van der Waals surface area (Å²) in [5.41, 5.74) is 3.26. The summed E-state index contributed by atoms with van der Waals surface area (Å²) in [5.74, 6) is -0.220. The quantitative estimate of drug-likeness (QED) is 0.771. The summed E-state index contributed by atoms with van der Waals surface area (Å²) in [6.45, 7) is 5.41. The van der Waals surface area contributed by atoms with Crippen LogP contribution in [0.1, 0.15) is 29.7 Å². The van der Waals surface area contributed by atoms with Crippen molar-refractivity contribution in [1.82, 2.24) is 14.9 Å². The zero-order valence-corrected chi connectivity index (χ0v) is 17.0. The summed E-state index contributed by atoms with van der Waals surface area (Å²) in [5, 5.41) is 9.12. The van der Waals surface area contributed by atoms with Gasteiger partial charge in [0.25, 0.3) is 5.88 Å². The Hall–Kier alpha value is -3.47. The van der Waals surface area contributed by atoms with Gasteiger partial charge in [-0.1, -0.05) is 6.07 Å². The molecule has 2 atom stereocenters. The van der Waals surface area contributed by atoms with Crippen LogP contribution in [-0.2, 0) is 9.59 Å². The third kappa shape index (κ3) is 3.83. The molecule has 154 valence electrons. The molecule has 2 aromatic rings. The summed E-state index contributed by atoms with van der Waals surface area (Å²) >= 11 is 0. The third-order valence-corrected chi connectivity index (χ3v) is 5.78. The van der Waals surface area contributed by atoms with Crippen molar-refractivity contribution in [2.75, 3.05) is 24.5 Å². The van der Waals surface area contributed by atoms with Crippen molar-refractivity contribution in [1.29, 1.82) is 5.26 Å². The highest BCUT2D eigenvalue weighted by molar-refractivity contribution is 6.00. The van der Waals surface area contributed by atoms with Crippen LogP contribution in [0.5, 0.6) is 5.88 Å². The number of aromatic nitrogens is 2. The summed E-state index contributed by atoms with van der Waals surface area (Å²) in [4.78, 5) is 37.0. The van der Waals surface area contributed by atoms with Crippen molar-refractivity contribution in [3.8, 4) is 11.9 Å². The molecule has 1 aromatic carbocycles. The lowest BCUT2D eigenvalue weighted by Gasteiger charge is -2.21. The zero-order valence-electron chi connectivity index (χ0n) is 17.0. The van der Waals surface area contributed by atoms with E-state index in [1.165, 1.54) is 18.0 Å². The van der Waals surface area contributed by atoms with Crippen LogP contribution in [0.25, 0.3) is 0 Å². The predicted molar refractivity (Wildman–Crippen MR) is 109 cm³/mol. The van der Waals surface area contributed by atoms with E-state index in [2.05, 4.69) is 9.97 Å². The molecule has 0 radical (unpaired) electrons. The van der Waals surface area contributed by atoms with Gasteiger partial charge in [-0.05, 0) is 37.1 Å². The molecule has 8 heteroatoms. The Labute approximate surface area is 175 Å². The number of benzene rings is 1. The fraction of sp³-hybridized carbons (Fsp3) is 0.409. The minimum Gasteiger partial charge on any atom is -0.470 e. The molecular formula is C22H23N5O3. The van der Waals surface area contributed by atoms with Gasteiger partial charge in [0.2, 0.25) is 17.5 Å². The van der Waals surface area contributed by atoms with Gasteiger partial charge in [-0.15, -0.1) is 0 Å². The Morgan fingerprint density at radius 3 is 2.77 bits per heavy atom. The number of likely N-dealkylation sites (tertiary alicyclic amines) is 1. The Balaban J connectivity index is 1.39. The minimum absolute atomic E-state index is 0.0261. The smallest absolute Gasteiger partial charge is 0.251 e. The van der Waals surface area contributed by atoms with Gasteiger partial charge < -0.3 is 14.5 Å². The maximum Gasteiger partial charge on any atom is 0.251 e. The van der Waals surface area contributed by atoms with Crippen LogP contribution < -0.4 is 9.64 Å². The normalized spacial score (nSPS) is 21.0. The van der Waals surface area contributed by atoms with Gasteiger partial charge in [-0.2, -0.15) is 5.26 Å². The first-order valence-electron chi connectivity index (χ1n) is 10.0. The first-order valence-corrected chi connectivity index (χ1v) is 10.0. The van der Waals surface area contributed by atoms with Crippen molar-refractivity contribution < 1.29 is 14.3 Å².